The Hall–Kier alpha value is -1.94. The molecular weight excluding hydrogens is 446 g/mol. The quantitative estimate of drug-likeness (QED) is 0.585. The van der Waals surface area contributed by atoms with Crippen LogP contribution in [-0.4, -0.2) is 66.6 Å². The minimum absolute atomic E-state index is 0.0339. The van der Waals surface area contributed by atoms with Crippen molar-refractivity contribution in [1.82, 2.24) is 14.9 Å². The Labute approximate surface area is 195 Å². The molecule has 2 aliphatic heterocycles. The number of nitrogens with zero attached hydrogens (tertiary/aromatic N) is 1. The average molecular weight is 482 g/mol. The highest BCUT2D eigenvalue weighted by atomic mass is 32.2. The van der Waals surface area contributed by atoms with E-state index in [1.165, 1.54) is 0 Å². The van der Waals surface area contributed by atoms with Gasteiger partial charge in [0.2, 0.25) is 21.8 Å². The molecule has 0 bridgehead atoms. The topological polar surface area (TPSA) is 122 Å². The molecule has 3 fully saturated rings. The van der Waals surface area contributed by atoms with Crippen LogP contribution >= 0.6 is 0 Å². The molecule has 1 saturated heterocycles. The smallest absolute Gasteiger partial charge is 0.259 e. The van der Waals surface area contributed by atoms with Crippen LogP contribution in [0.4, 0.5) is 0 Å². The van der Waals surface area contributed by atoms with Gasteiger partial charge in [0.25, 0.3) is 5.91 Å². The fourth-order valence-corrected chi connectivity index (χ4v) is 6.29. The van der Waals surface area contributed by atoms with Gasteiger partial charge >= 0.3 is 0 Å². The van der Waals surface area contributed by atoms with Gasteiger partial charge in [0, 0.05) is 18.9 Å². The predicted octanol–water partition coefficient (Wildman–Crippen LogP) is 1.24. The van der Waals surface area contributed by atoms with E-state index in [9.17, 15) is 22.8 Å². The summed E-state index contributed by atoms with van der Waals surface area (Å²) in [5.41, 5.74) is -1.33. The third-order valence-corrected chi connectivity index (χ3v) is 9.73. The maximum atomic E-state index is 13.3. The van der Waals surface area contributed by atoms with Gasteiger partial charge in [0.05, 0.1) is 17.5 Å². The number of hydrogen-bond acceptors (Lipinski definition) is 6. The SMILES string of the molecule is C[C@H]1CC(=O)N2CCC[C@H]2C(=O)N[C@]2(C(=O)NS(=O)(=O)C3(C)CC3)CC2/C=C\CO[C@@H](C)C1. The van der Waals surface area contributed by atoms with Crippen molar-refractivity contribution in [3.63, 3.8) is 0 Å². The molecule has 4 aliphatic rings. The minimum atomic E-state index is -3.83. The van der Waals surface area contributed by atoms with Gasteiger partial charge in [-0.25, -0.2) is 8.42 Å². The fraction of sp³-hybridized carbons (Fsp3) is 0.783. The van der Waals surface area contributed by atoms with Crippen molar-refractivity contribution >= 4 is 27.7 Å². The Balaban J connectivity index is 1.57. The van der Waals surface area contributed by atoms with Crippen LogP contribution in [0.5, 0.6) is 0 Å². The van der Waals surface area contributed by atoms with Gasteiger partial charge in [-0.1, -0.05) is 19.1 Å². The van der Waals surface area contributed by atoms with Crippen molar-refractivity contribution in [2.75, 3.05) is 13.2 Å². The summed E-state index contributed by atoms with van der Waals surface area (Å²) in [5, 5.41) is 2.84. The first kappa shape index (κ1) is 24.2. The Morgan fingerprint density at radius 3 is 2.70 bits per heavy atom. The summed E-state index contributed by atoms with van der Waals surface area (Å²) in [7, 11) is -3.83. The summed E-state index contributed by atoms with van der Waals surface area (Å²) in [6.07, 6.45) is 7.22. The van der Waals surface area contributed by atoms with Crippen molar-refractivity contribution in [3.8, 4) is 0 Å². The molecule has 5 atom stereocenters. The van der Waals surface area contributed by atoms with Gasteiger partial charge in [0.1, 0.15) is 11.6 Å². The summed E-state index contributed by atoms with van der Waals surface area (Å²) in [4.78, 5) is 41.0. The second kappa shape index (κ2) is 8.69. The monoisotopic (exact) mass is 481 g/mol. The molecule has 0 aromatic heterocycles. The fourth-order valence-electron chi connectivity index (χ4n) is 4.98. The van der Waals surface area contributed by atoms with Gasteiger partial charge in [0.15, 0.2) is 0 Å². The van der Waals surface area contributed by atoms with Gasteiger partial charge in [-0.05, 0) is 58.3 Å². The van der Waals surface area contributed by atoms with Crippen LogP contribution < -0.4 is 10.0 Å². The zero-order valence-corrected chi connectivity index (χ0v) is 20.4. The van der Waals surface area contributed by atoms with Crippen LogP contribution in [0.2, 0.25) is 0 Å². The Morgan fingerprint density at radius 1 is 1.27 bits per heavy atom. The summed E-state index contributed by atoms with van der Waals surface area (Å²) < 4.78 is 32.5. The number of carbonyl (C=O) groups is 3. The first-order valence-electron chi connectivity index (χ1n) is 11.9. The lowest BCUT2D eigenvalue weighted by Crippen LogP contribution is -2.57. The van der Waals surface area contributed by atoms with Crippen molar-refractivity contribution in [3.05, 3.63) is 12.2 Å². The lowest BCUT2D eigenvalue weighted by molar-refractivity contribution is -0.140. The van der Waals surface area contributed by atoms with Crippen molar-refractivity contribution in [1.29, 1.82) is 0 Å². The largest absolute Gasteiger partial charge is 0.374 e. The number of ether oxygens (including phenoxy) is 1. The van der Waals surface area contributed by atoms with Crippen molar-refractivity contribution < 1.29 is 27.5 Å². The van der Waals surface area contributed by atoms with Crippen molar-refractivity contribution in [2.45, 2.75) is 88.1 Å². The number of amides is 3. The van der Waals surface area contributed by atoms with E-state index in [1.807, 2.05) is 26.0 Å². The van der Waals surface area contributed by atoms with E-state index in [0.29, 0.717) is 51.7 Å². The van der Waals surface area contributed by atoms with E-state index in [-0.39, 0.29) is 23.8 Å². The molecule has 2 saturated carbocycles. The molecule has 0 aromatic rings. The first-order chi connectivity index (χ1) is 15.5. The van der Waals surface area contributed by atoms with Crippen LogP contribution in [0.25, 0.3) is 0 Å². The number of sulfonamides is 1. The molecule has 0 radical (unpaired) electrons. The molecule has 2 aliphatic carbocycles. The minimum Gasteiger partial charge on any atom is -0.374 e. The number of rotatable bonds is 3. The first-order valence-corrected chi connectivity index (χ1v) is 13.4. The number of hydrogen-bond donors (Lipinski definition) is 2. The predicted molar refractivity (Wildman–Crippen MR) is 121 cm³/mol. The van der Waals surface area contributed by atoms with Gasteiger partial charge in [-0.3, -0.25) is 19.1 Å². The van der Waals surface area contributed by atoms with E-state index in [1.54, 1.807) is 11.8 Å². The summed E-state index contributed by atoms with van der Waals surface area (Å²) in [6, 6.07) is -0.643. The van der Waals surface area contributed by atoms with Crippen molar-refractivity contribution in [2.24, 2.45) is 11.8 Å². The maximum Gasteiger partial charge on any atom is 0.259 e. The average Bonchev–Trinajstić information content (AvgIpc) is 3.57. The molecule has 0 aromatic carbocycles. The third kappa shape index (κ3) is 4.82. The Kier molecular flexibility index (Phi) is 6.37. The normalized spacial score (nSPS) is 37.6. The Morgan fingerprint density at radius 2 is 2.00 bits per heavy atom. The molecule has 2 N–H and O–H groups in total. The standard InChI is InChI=1S/C23H35N3O6S/c1-15-12-16(2)32-11-5-6-17-14-23(17,21(29)25-33(30,31)22(3)8-9-22)24-20(28)18-7-4-10-26(18)19(27)13-15/h5-6,15-18H,4,7-14H2,1-3H3,(H,24,28)(H,25,29)/b6-5-/t15-,16+,17?,18+,23-/m1/s1. The van der Waals surface area contributed by atoms with E-state index in [4.69, 9.17) is 4.74 Å². The number of nitrogens with one attached hydrogen (secondary N) is 2. The van der Waals surface area contributed by atoms with Crippen LogP contribution in [0.15, 0.2) is 12.2 Å². The molecule has 2 heterocycles. The van der Waals surface area contributed by atoms with Crippen LogP contribution in [-0.2, 0) is 29.1 Å². The molecule has 10 heteroatoms. The van der Waals surface area contributed by atoms with E-state index >= 15 is 0 Å². The highest BCUT2D eigenvalue weighted by Crippen LogP contribution is 2.47. The lowest BCUT2D eigenvalue weighted by Gasteiger charge is -2.28. The van der Waals surface area contributed by atoms with Gasteiger partial charge in [-0.15, -0.1) is 0 Å². The number of carbonyl (C=O) groups excluding carboxylic acids is 3. The second-order valence-electron chi connectivity index (χ2n) is 10.5. The molecule has 9 nitrogen and oxygen atoms in total. The van der Waals surface area contributed by atoms with E-state index in [2.05, 4.69) is 10.0 Å². The van der Waals surface area contributed by atoms with Crippen LogP contribution in [0, 0.1) is 11.8 Å². The molecule has 184 valence electrons. The highest BCUT2D eigenvalue weighted by molar-refractivity contribution is 7.91. The molecule has 1 unspecified atom stereocenters. The molecular formula is C23H35N3O6S. The van der Waals surface area contributed by atoms with E-state index < -0.39 is 38.2 Å². The molecule has 3 amide bonds. The summed E-state index contributed by atoms with van der Waals surface area (Å²) in [5.74, 6) is -1.39. The van der Waals surface area contributed by atoms with Crippen LogP contribution in [0.1, 0.15) is 65.7 Å². The molecule has 4 rings (SSSR count). The second-order valence-corrected chi connectivity index (χ2v) is 12.7. The summed E-state index contributed by atoms with van der Waals surface area (Å²) >= 11 is 0. The zero-order chi connectivity index (χ0) is 24.0. The zero-order valence-electron chi connectivity index (χ0n) is 19.6. The van der Waals surface area contributed by atoms with E-state index in [0.717, 1.165) is 6.42 Å². The highest BCUT2D eigenvalue weighted by Gasteiger charge is 2.62. The third-order valence-electron chi connectivity index (χ3n) is 7.57. The maximum absolute atomic E-state index is 13.3. The molecule has 0 spiro atoms. The van der Waals surface area contributed by atoms with Gasteiger partial charge < -0.3 is 15.0 Å². The van der Waals surface area contributed by atoms with Gasteiger partial charge in [-0.2, -0.15) is 0 Å². The lowest BCUT2D eigenvalue weighted by atomic mass is 9.99. The summed E-state index contributed by atoms with van der Waals surface area (Å²) in [6.45, 7) is 6.43. The molecule has 33 heavy (non-hydrogen) atoms. The van der Waals surface area contributed by atoms with Crippen LogP contribution in [0.3, 0.4) is 0 Å². The Bertz CT molecular complexity index is 959. The number of fused-ring (bicyclic) bond motifs is 2.